The van der Waals surface area contributed by atoms with Gasteiger partial charge < -0.3 is 14.2 Å². The fourth-order valence-electron chi connectivity index (χ4n) is 9.40. The SMILES string of the molecule is CCCCCCCCCCCCCCCCCC(=O)OC[C@H](COC(=O)CCCCCCCCCCCCCCCCCCC(C)C)OC(=O)CCCCCCCCCCCCCCC(C)C. The lowest BCUT2D eigenvalue weighted by atomic mass is 10.0. The molecule has 0 N–H and O–H groups in total. The van der Waals surface area contributed by atoms with E-state index in [1.165, 1.54) is 231 Å². The van der Waals surface area contributed by atoms with Crippen LogP contribution in [0.3, 0.4) is 0 Å². The van der Waals surface area contributed by atoms with Gasteiger partial charge in [0.15, 0.2) is 6.10 Å². The second-order valence-corrected chi connectivity index (χ2v) is 21.9. The molecule has 0 heterocycles. The van der Waals surface area contributed by atoms with Crippen molar-refractivity contribution in [1.29, 1.82) is 0 Å². The Hall–Kier alpha value is -1.59. The van der Waals surface area contributed by atoms with Crippen LogP contribution >= 0.6 is 0 Å². The topological polar surface area (TPSA) is 78.9 Å². The van der Waals surface area contributed by atoms with Gasteiger partial charge in [-0.3, -0.25) is 14.4 Å². The van der Waals surface area contributed by atoms with Gasteiger partial charge in [-0.1, -0.05) is 304 Å². The van der Waals surface area contributed by atoms with Crippen molar-refractivity contribution in [2.75, 3.05) is 13.2 Å². The zero-order valence-corrected chi connectivity index (χ0v) is 46.0. The van der Waals surface area contributed by atoms with Crippen LogP contribution in [0.4, 0.5) is 0 Å². The fraction of sp³-hybridized carbons (Fsp3) is 0.951. The molecule has 0 aromatic heterocycles. The lowest BCUT2D eigenvalue weighted by molar-refractivity contribution is -0.167. The highest BCUT2D eigenvalue weighted by Crippen LogP contribution is 2.18. The van der Waals surface area contributed by atoms with Gasteiger partial charge in [0.25, 0.3) is 0 Å². The van der Waals surface area contributed by atoms with Crippen LogP contribution in [0.1, 0.15) is 343 Å². The summed E-state index contributed by atoms with van der Waals surface area (Å²) in [4.78, 5) is 38.2. The maximum atomic E-state index is 12.9. The first-order valence-corrected chi connectivity index (χ1v) is 30.2. The first kappa shape index (κ1) is 65.4. The third kappa shape index (κ3) is 55.2. The molecule has 0 bridgehead atoms. The van der Waals surface area contributed by atoms with E-state index in [4.69, 9.17) is 14.2 Å². The summed E-state index contributed by atoms with van der Waals surface area (Å²) in [6, 6.07) is 0. The van der Waals surface area contributed by atoms with Gasteiger partial charge in [-0.2, -0.15) is 0 Å². The highest BCUT2D eigenvalue weighted by Gasteiger charge is 2.19. The molecular weight excluding hydrogens is 829 g/mol. The van der Waals surface area contributed by atoms with E-state index in [2.05, 4.69) is 34.6 Å². The lowest BCUT2D eigenvalue weighted by Crippen LogP contribution is -2.30. The molecule has 0 unspecified atom stereocenters. The number of carbonyl (C=O) groups is 3. The second kappa shape index (κ2) is 53.8. The quantitative estimate of drug-likeness (QED) is 0.0343. The summed E-state index contributed by atoms with van der Waals surface area (Å²) >= 11 is 0. The van der Waals surface area contributed by atoms with E-state index >= 15 is 0 Å². The highest BCUT2D eigenvalue weighted by atomic mass is 16.6. The van der Waals surface area contributed by atoms with Crippen LogP contribution in [-0.2, 0) is 28.6 Å². The van der Waals surface area contributed by atoms with Gasteiger partial charge in [-0.15, -0.1) is 0 Å². The maximum absolute atomic E-state index is 12.9. The average Bonchev–Trinajstić information content (AvgIpc) is 3.30. The number of ether oxygens (including phenoxy) is 3. The van der Waals surface area contributed by atoms with Crippen molar-refractivity contribution in [2.24, 2.45) is 11.8 Å². The van der Waals surface area contributed by atoms with E-state index in [1.807, 2.05) is 0 Å². The molecule has 398 valence electrons. The Labute approximate surface area is 418 Å². The molecular formula is C61H118O6. The van der Waals surface area contributed by atoms with E-state index in [9.17, 15) is 14.4 Å². The fourth-order valence-corrected chi connectivity index (χ4v) is 9.40. The van der Waals surface area contributed by atoms with Crippen molar-refractivity contribution < 1.29 is 28.6 Å². The molecule has 67 heavy (non-hydrogen) atoms. The minimum absolute atomic E-state index is 0.0623. The van der Waals surface area contributed by atoms with Crippen LogP contribution in [-0.4, -0.2) is 37.2 Å². The van der Waals surface area contributed by atoms with E-state index < -0.39 is 6.10 Å². The monoisotopic (exact) mass is 947 g/mol. The Kier molecular flexibility index (Phi) is 52.5. The Morgan fingerprint density at radius 2 is 0.493 bits per heavy atom. The van der Waals surface area contributed by atoms with Gasteiger partial charge >= 0.3 is 17.9 Å². The van der Waals surface area contributed by atoms with Crippen molar-refractivity contribution in [3.05, 3.63) is 0 Å². The molecule has 1 atom stereocenters. The minimum atomic E-state index is -0.763. The van der Waals surface area contributed by atoms with Gasteiger partial charge in [0, 0.05) is 19.3 Å². The Morgan fingerprint density at radius 1 is 0.284 bits per heavy atom. The number of esters is 3. The smallest absolute Gasteiger partial charge is 0.306 e. The molecule has 0 amide bonds. The van der Waals surface area contributed by atoms with Crippen molar-refractivity contribution >= 4 is 17.9 Å². The normalized spacial score (nSPS) is 12.0. The third-order valence-electron chi connectivity index (χ3n) is 14.0. The number of hydrogen-bond donors (Lipinski definition) is 0. The largest absolute Gasteiger partial charge is 0.462 e. The van der Waals surface area contributed by atoms with E-state index in [-0.39, 0.29) is 31.1 Å². The molecule has 0 aromatic rings. The van der Waals surface area contributed by atoms with Crippen LogP contribution in [0.5, 0.6) is 0 Å². The molecule has 0 saturated carbocycles. The predicted octanol–water partition coefficient (Wildman–Crippen LogP) is 20.0. The molecule has 0 aromatic carbocycles. The molecule has 6 heteroatoms. The first-order chi connectivity index (χ1) is 32.7. The summed E-state index contributed by atoms with van der Waals surface area (Å²) < 4.78 is 16.9. The van der Waals surface area contributed by atoms with Crippen LogP contribution < -0.4 is 0 Å². The van der Waals surface area contributed by atoms with Crippen LogP contribution in [0, 0.1) is 11.8 Å². The second-order valence-electron chi connectivity index (χ2n) is 21.9. The summed E-state index contributed by atoms with van der Waals surface area (Å²) in [5.41, 5.74) is 0. The molecule has 0 spiro atoms. The molecule has 0 rings (SSSR count). The Morgan fingerprint density at radius 3 is 0.731 bits per heavy atom. The summed E-state index contributed by atoms with van der Waals surface area (Å²) in [5, 5.41) is 0. The van der Waals surface area contributed by atoms with Crippen LogP contribution in [0.2, 0.25) is 0 Å². The highest BCUT2D eigenvalue weighted by molar-refractivity contribution is 5.71. The minimum Gasteiger partial charge on any atom is -0.462 e. The summed E-state index contributed by atoms with van der Waals surface area (Å²) in [6.07, 6.45) is 58.1. The zero-order valence-electron chi connectivity index (χ0n) is 46.0. The molecule has 0 aliphatic heterocycles. The van der Waals surface area contributed by atoms with E-state index in [0.29, 0.717) is 19.3 Å². The number of hydrogen-bond acceptors (Lipinski definition) is 6. The number of rotatable bonds is 55. The van der Waals surface area contributed by atoms with Gasteiger partial charge in [0.2, 0.25) is 0 Å². The van der Waals surface area contributed by atoms with Crippen molar-refractivity contribution in [2.45, 2.75) is 349 Å². The zero-order chi connectivity index (χ0) is 48.9. The van der Waals surface area contributed by atoms with Crippen LogP contribution in [0.15, 0.2) is 0 Å². The summed E-state index contributed by atoms with van der Waals surface area (Å²) in [7, 11) is 0. The lowest BCUT2D eigenvalue weighted by Gasteiger charge is -2.18. The first-order valence-electron chi connectivity index (χ1n) is 30.2. The molecule has 0 aliphatic carbocycles. The van der Waals surface area contributed by atoms with Crippen LogP contribution in [0.25, 0.3) is 0 Å². The standard InChI is InChI=1S/C61H118O6/c1-6-7-8-9-10-11-12-13-16-20-26-31-36-41-46-51-59(62)65-54-58(67-61(64)53-48-43-38-33-28-23-22-25-30-35-40-45-50-57(4)5)55-66-60(63)52-47-42-37-32-27-21-18-15-14-17-19-24-29-34-39-44-49-56(2)3/h56-58H,6-55H2,1-5H3/t58-/m1/s1. The number of carbonyl (C=O) groups excluding carboxylic acids is 3. The molecule has 6 nitrogen and oxygen atoms in total. The summed E-state index contributed by atoms with van der Waals surface area (Å²) in [6.45, 7) is 11.4. The van der Waals surface area contributed by atoms with E-state index in [0.717, 1.165) is 69.6 Å². The van der Waals surface area contributed by atoms with Crippen molar-refractivity contribution in [3.63, 3.8) is 0 Å². The number of unbranched alkanes of at least 4 members (excludes halogenated alkanes) is 40. The van der Waals surface area contributed by atoms with Crippen molar-refractivity contribution in [1.82, 2.24) is 0 Å². The van der Waals surface area contributed by atoms with E-state index in [1.54, 1.807) is 0 Å². The van der Waals surface area contributed by atoms with Gasteiger partial charge in [-0.05, 0) is 31.1 Å². The summed E-state index contributed by atoms with van der Waals surface area (Å²) in [5.74, 6) is 0.850. The average molecular weight is 948 g/mol. The van der Waals surface area contributed by atoms with Crippen molar-refractivity contribution in [3.8, 4) is 0 Å². The molecule has 0 saturated heterocycles. The molecule has 0 radical (unpaired) electrons. The Balaban J connectivity index is 4.28. The van der Waals surface area contributed by atoms with Gasteiger partial charge in [0.1, 0.15) is 13.2 Å². The predicted molar refractivity (Wildman–Crippen MR) is 289 cm³/mol. The van der Waals surface area contributed by atoms with Gasteiger partial charge in [-0.25, -0.2) is 0 Å². The molecule has 0 fully saturated rings. The molecule has 0 aliphatic rings. The third-order valence-corrected chi connectivity index (χ3v) is 14.0. The maximum Gasteiger partial charge on any atom is 0.306 e. The Bertz CT molecular complexity index is 1020. The van der Waals surface area contributed by atoms with Gasteiger partial charge in [0.05, 0.1) is 0 Å².